The van der Waals surface area contributed by atoms with Crippen LogP contribution in [0.15, 0.2) is 0 Å². The van der Waals surface area contributed by atoms with E-state index in [9.17, 15) is 9.90 Å². The molecule has 1 amide bonds. The number of aliphatic hydroxyl groups is 1. The first-order valence-corrected chi connectivity index (χ1v) is 6.36. The van der Waals surface area contributed by atoms with Crippen molar-refractivity contribution in [2.24, 2.45) is 0 Å². The molecule has 0 aliphatic carbocycles. The third-order valence-electron chi connectivity index (χ3n) is 3.73. The van der Waals surface area contributed by atoms with Gasteiger partial charge in [0.1, 0.15) is 0 Å². The summed E-state index contributed by atoms with van der Waals surface area (Å²) in [5, 5.41) is 9.41. The topological polar surface area (TPSA) is 43.8 Å². The standard InChI is InChI=1S/C12H22N2O2/c1-10-4-2-3-6-14(10)12(16)9-13-7-5-11(15)8-13/h10-11,15H,2-9H2,1H3/t10-,11+/m1/s1. The highest BCUT2D eigenvalue weighted by Crippen LogP contribution is 2.17. The van der Waals surface area contributed by atoms with E-state index in [0.717, 1.165) is 32.4 Å². The second-order valence-corrected chi connectivity index (χ2v) is 5.11. The Kier molecular flexibility index (Phi) is 3.82. The van der Waals surface area contributed by atoms with Gasteiger partial charge in [-0.3, -0.25) is 9.69 Å². The zero-order valence-corrected chi connectivity index (χ0v) is 10.1. The Balaban J connectivity index is 1.82. The molecule has 1 N–H and O–H groups in total. The molecule has 92 valence electrons. The van der Waals surface area contributed by atoms with Crippen molar-refractivity contribution in [2.45, 2.75) is 44.8 Å². The number of β-amino-alcohol motifs (C(OH)–C–C–N with tert-alkyl or cyclic N) is 1. The second kappa shape index (κ2) is 5.15. The first-order chi connectivity index (χ1) is 7.66. The van der Waals surface area contributed by atoms with Crippen LogP contribution in [0.4, 0.5) is 0 Å². The fourth-order valence-corrected chi connectivity index (χ4v) is 2.71. The normalized spacial score (nSPS) is 32.0. The Hall–Kier alpha value is -0.610. The van der Waals surface area contributed by atoms with E-state index in [1.165, 1.54) is 6.42 Å². The Bertz CT molecular complexity index is 257. The first kappa shape index (κ1) is 11.9. The molecule has 2 saturated heterocycles. The van der Waals surface area contributed by atoms with Crippen molar-refractivity contribution < 1.29 is 9.90 Å². The molecule has 0 aromatic rings. The van der Waals surface area contributed by atoms with Gasteiger partial charge < -0.3 is 10.0 Å². The van der Waals surface area contributed by atoms with Gasteiger partial charge in [-0.05, 0) is 32.6 Å². The van der Waals surface area contributed by atoms with Crippen molar-refractivity contribution in [3.05, 3.63) is 0 Å². The molecule has 0 unspecified atom stereocenters. The second-order valence-electron chi connectivity index (χ2n) is 5.11. The lowest BCUT2D eigenvalue weighted by Crippen LogP contribution is -2.46. The highest BCUT2D eigenvalue weighted by Gasteiger charge is 2.27. The lowest BCUT2D eigenvalue weighted by molar-refractivity contribution is -0.135. The number of rotatable bonds is 2. The summed E-state index contributed by atoms with van der Waals surface area (Å²) in [6, 6.07) is 0.397. The van der Waals surface area contributed by atoms with Crippen LogP contribution in [-0.2, 0) is 4.79 Å². The lowest BCUT2D eigenvalue weighted by atomic mass is 10.0. The summed E-state index contributed by atoms with van der Waals surface area (Å²) in [5.74, 6) is 0.237. The predicted molar refractivity (Wildman–Crippen MR) is 62.1 cm³/mol. The number of hydrogen-bond acceptors (Lipinski definition) is 3. The molecule has 2 atom stereocenters. The number of carbonyl (C=O) groups excluding carboxylic acids is 1. The Morgan fingerprint density at radius 1 is 1.31 bits per heavy atom. The molecular weight excluding hydrogens is 204 g/mol. The molecule has 0 spiro atoms. The number of hydrogen-bond donors (Lipinski definition) is 1. The highest BCUT2D eigenvalue weighted by molar-refractivity contribution is 5.78. The summed E-state index contributed by atoms with van der Waals surface area (Å²) in [4.78, 5) is 16.1. The largest absolute Gasteiger partial charge is 0.392 e. The van der Waals surface area contributed by atoms with Crippen LogP contribution in [-0.4, -0.2) is 59.1 Å². The van der Waals surface area contributed by atoms with E-state index in [4.69, 9.17) is 0 Å². The molecule has 2 rings (SSSR count). The van der Waals surface area contributed by atoms with Gasteiger partial charge in [-0.1, -0.05) is 0 Å². The van der Waals surface area contributed by atoms with Crippen LogP contribution in [0.5, 0.6) is 0 Å². The third kappa shape index (κ3) is 2.74. The van der Waals surface area contributed by atoms with Crippen molar-refractivity contribution in [2.75, 3.05) is 26.2 Å². The summed E-state index contributed by atoms with van der Waals surface area (Å²) in [7, 11) is 0. The zero-order valence-electron chi connectivity index (χ0n) is 10.1. The summed E-state index contributed by atoms with van der Waals surface area (Å²) >= 11 is 0. The summed E-state index contributed by atoms with van der Waals surface area (Å²) in [6.45, 7) is 5.05. The maximum Gasteiger partial charge on any atom is 0.236 e. The van der Waals surface area contributed by atoms with Crippen LogP contribution in [0.25, 0.3) is 0 Å². The number of carbonyl (C=O) groups is 1. The number of nitrogens with zero attached hydrogens (tertiary/aromatic N) is 2. The molecule has 2 fully saturated rings. The van der Waals surface area contributed by atoms with Crippen LogP contribution >= 0.6 is 0 Å². The van der Waals surface area contributed by atoms with E-state index in [0.29, 0.717) is 19.1 Å². The van der Waals surface area contributed by atoms with Crippen LogP contribution in [0, 0.1) is 0 Å². The van der Waals surface area contributed by atoms with E-state index in [1.807, 2.05) is 4.90 Å². The molecule has 2 heterocycles. The van der Waals surface area contributed by atoms with E-state index < -0.39 is 0 Å². The van der Waals surface area contributed by atoms with Gasteiger partial charge in [-0.15, -0.1) is 0 Å². The van der Waals surface area contributed by atoms with E-state index >= 15 is 0 Å². The van der Waals surface area contributed by atoms with Crippen molar-refractivity contribution in [1.29, 1.82) is 0 Å². The number of aliphatic hydroxyl groups excluding tert-OH is 1. The molecule has 2 aliphatic rings. The van der Waals surface area contributed by atoms with Crippen LogP contribution in [0.3, 0.4) is 0 Å². The van der Waals surface area contributed by atoms with E-state index in [1.54, 1.807) is 0 Å². The average molecular weight is 226 g/mol. The molecule has 0 radical (unpaired) electrons. The van der Waals surface area contributed by atoms with Gasteiger partial charge in [0.2, 0.25) is 5.91 Å². The maximum atomic E-state index is 12.1. The van der Waals surface area contributed by atoms with Gasteiger partial charge in [0, 0.05) is 25.7 Å². The van der Waals surface area contributed by atoms with Crippen molar-refractivity contribution >= 4 is 5.91 Å². The zero-order chi connectivity index (χ0) is 11.5. The van der Waals surface area contributed by atoms with Crippen molar-refractivity contribution in [3.63, 3.8) is 0 Å². The minimum atomic E-state index is -0.230. The molecule has 0 bridgehead atoms. The van der Waals surface area contributed by atoms with Gasteiger partial charge in [0.25, 0.3) is 0 Å². The quantitative estimate of drug-likeness (QED) is 0.743. The summed E-state index contributed by atoms with van der Waals surface area (Å²) in [5.41, 5.74) is 0. The van der Waals surface area contributed by atoms with Crippen LogP contribution in [0.2, 0.25) is 0 Å². The van der Waals surface area contributed by atoms with Crippen LogP contribution < -0.4 is 0 Å². The summed E-state index contributed by atoms with van der Waals surface area (Å²) in [6.07, 6.45) is 4.09. The number of piperidine rings is 1. The fourth-order valence-electron chi connectivity index (χ4n) is 2.71. The average Bonchev–Trinajstić information content (AvgIpc) is 2.64. The Labute approximate surface area is 97.2 Å². The SMILES string of the molecule is C[C@@H]1CCCCN1C(=O)CN1CC[C@H](O)C1. The highest BCUT2D eigenvalue weighted by atomic mass is 16.3. The lowest BCUT2D eigenvalue weighted by Gasteiger charge is -2.34. The molecule has 0 aromatic heterocycles. The minimum Gasteiger partial charge on any atom is -0.392 e. The third-order valence-corrected chi connectivity index (χ3v) is 3.73. The maximum absolute atomic E-state index is 12.1. The molecule has 16 heavy (non-hydrogen) atoms. The molecule has 4 nitrogen and oxygen atoms in total. The number of likely N-dealkylation sites (tertiary alicyclic amines) is 2. The van der Waals surface area contributed by atoms with Gasteiger partial charge in [0.05, 0.1) is 12.6 Å². The first-order valence-electron chi connectivity index (χ1n) is 6.36. The molecule has 4 heteroatoms. The van der Waals surface area contributed by atoms with E-state index in [-0.39, 0.29) is 12.0 Å². The van der Waals surface area contributed by atoms with Crippen LogP contribution in [0.1, 0.15) is 32.6 Å². The Morgan fingerprint density at radius 2 is 2.12 bits per heavy atom. The smallest absolute Gasteiger partial charge is 0.236 e. The number of amides is 1. The van der Waals surface area contributed by atoms with Gasteiger partial charge >= 0.3 is 0 Å². The van der Waals surface area contributed by atoms with Gasteiger partial charge in [-0.25, -0.2) is 0 Å². The van der Waals surface area contributed by atoms with E-state index in [2.05, 4.69) is 11.8 Å². The molecular formula is C12H22N2O2. The monoisotopic (exact) mass is 226 g/mol. The molecule has 0 saturated carbocycles. The molecule has 2 aliphatic heterocycles. The van der Waals surface area contributed by atoms with Crippen molar-refractivity contribution in [1.82, 2.24) is 9.80 Å². The molecule has 0 aromatic carbocycles. The minimum absolute atomic E-state index is 0.230. The fraction of sp³-hybridized carbons (Fsp3) is 0.917. The van der Waals surface area contributed by atoms with Gasteiger partial charge in [-0.2, -0.15) is 0 Å². The van der Waals surface area contributed by atoms with Gasteiger partial charge in [0.15, 0.2) is 0 Å². The van der Waals surface area contributed by atoms with Crippen molar-refractivity contribution in [3.8, 4) is 0 Å². The summed E-state index contributed by atoms with van der Waals surface area (Å²) < 4.78 is 0. The Morgan fingerprint density at radius 3 is 2.75 bits per heavy atom. The predicted octanol–water partition coefficient (Wildman–Crippen LogP) is 0.454.